The Morgan fingerprint density at radius 1 is 0.778 bits per heavy atom. The second-order valence-electron chi connectivity index (χ2n) is 3.64. The molecule has 0 aromatic heterocycles. The predicted octanol–water partition coefficient (Wildman–Crippen LogP) is 3.03. The largest absolute Gasteiger partial charge is 0.285 e. The molecule has 0 aliphatic carbocycles. The van der Waals surface area contributed by atoms with Gasteiger partial charge in [-0.15, -0.1) is 0 Å². The second kappa shape index (κ2) is 4.87. The van der Waals surface area contributed by atoms with Gasteiger partial charge in [0.25, 0.3) is 0 Å². The van der Waals surface area contributed by atoms with Gasteiger partial charge in [0.1, 0.15) is 11.6 Å². The third-order valence-electron chi connectivity index (χ3n) is 2.43. The Labute approximate surface area is 102 Å². The maximum absolute atomic E-state index is 13.3. The lowest BCUT2D eigenvalue weighted by Gasteiger charge is -2.01. The van der Waals surface area contributed by atoms with Gasteiger partial charge in [-0.2, -0.15) is 0 Å². The van der Waals surface area contributed by atoms with Crippen LogP contribution in [0, 0.1) is 11.6 Å². The number of benzene rings is 2. The number of hydrogen-bond donors (Lipinski definition) is 0. The van der Waals surface area contributed by atoms with Crippen molar-refractivity contribution in [3.63, 3.8) is 0 Å². The molecule has 2 aromatic carbocycles. The van der Waals surface area contributed by atoms with Crippen LogP contribution in [-0.4, -0.2) is 11.6 Å². The summed E-state index contributed by atoms with van der Waals surface area (Å²) in [5.74, 6) is -3.07. The number of carbonyl (C=O) groups is 2. The Hall–Kier alpha value is -2.36. The second-order valence-corrected chi connectivity index (χ2v) is 3.64. The molecule has 2 aromatic rings. The third-order valence-corrected chi connectivity index (χ3v) is 2.43. The first kappa shape index (κ1) is 12.1. The van der Waals surface area contributed by atoms with Crippen molar-refractivity contribution in [1.82, 2.24) is 0 Å². The highest BCUT2D eigenvalue weighted by Crippen LogP contribution is 2.12. The molecule has 18 heavy (non-hydrogen) atoms. The van der Waals surface area contributed by atoms with E-state index in [1.165, 1.54) is 30.3 Å². The van der Waals surface area contributed by atoms with Gasteiger partial charge in [-0.25, -0.2) is 8.78 Å². The van der Waals surface area contributed by atoms with Crippen LogP contribution in [0.1, 0.15) is 20.7 Å². The first-order chi connectivity index (χ1) is 8.59. The monoisotopic (exact) mass is 246 g/mol. The van der Waals surface area contributed by atoms with Crippen molar-refractivity contribution in [2.24, 2.45) is 0 Å². The average molecular weight is 246 g/mol. The molecular weight excluding hydrogens is 238 g/mol. The molecule has 0 saturated heterocycles. The molecule has 0 atom stereocenters. The first-order valence-electron chi connectivity index (χ1n) is 5.18. The van der Waals surface area contributed by atoms with Gasteiger partial charge in [0, 0.05) is 5.56 Å². The van der Waals surface area contributed by atoms with Crippen molar-refractivity contribution in [2.75, 3.05) is 0 Å². The van der Waals surface area contributed by atoms with E-state index in [1.807, 2.05) is 0 Å². The summed E-state index contributed by atoms with van der Waals surface area (Å²) in [6.45, 7) is 0. The Bertz CT molecular complexity index is 603. The first-order valence-corrected chi connectivity index (χ1v) is 5.18. The molecule has 0 amide bonds. The lowest BCUT2D eigenvalue weighted by atomic mass is 10.0. The Morgan fingerprint density at radius 3 is 2.00 bits per heavy atom. The minimum Gasteiger partial charge on any atom is -0.285 e. The molecule has 0 unspecified atom stereocenters. The summed E-state index contributed by atoms with van der Waals surface area (Å²) in [6, 6.07) is 9.75. The molecule has 0 aliphatic heterocycles. The van der Waals surface area contributed by atoms with Crippen LogP contribution in [0.15, 0.2) is 48.5 Å². The summed E-state index contributed by atoms with van der Waals surface area (Å²) < 4.78 is 26.0. The maximum Gasteiger partial charge on any atom is 0.236 e. The molecule has 0 N–H and O–H groups in total. The molecule has 0 saturated carbocycles. The van der Waals surface area contributed by atoms with Gasteiger partial charge in [0.15, 0.2) is 0 Å². The van der Waals surface area contributed by atoms with Crippen LogP contribution in [0.4, 0.5) is 8.78 Å². The van der Waals surface area contributed by atoms with Gasteiger partial charge in [-0.1, -0.05) is 12.1 Å². The summed E-state index contributed by atoms with van der Waals surface area (Å²) in [7, 11) is 0. The van der Waals surface area contributed by atoms with Crippen molar-refractivity contribution < 1.29 is 18.4 Å². The molecule has 0 radical (unpaired) electrons. The fraction of sp³-hybridized carbons (Fsp3) is 0. The van der Waals surface area contributed by atoms with E-state index in [9.17, 15) is 18.4 Å². The number of Topliss-reactive ketones (excluding diaryl/α,β-unsaturated/α-hetero) is 2. The maximum atomic E-state index is 13.3. The molecular formula is C14H8F2O2. The zero-order chi connectivity index (χ0) is 13.1. The van der Waals surface area contributed by atoms with Gasteiger partial charge >= 0.3 is 0 Å². The van der Waals surface area contributed by atoms with E-state index >= 15 is 0 Å². The van der Waals surface area contributed by atoms with E-state index in [4.69, 9.17) is 0 Å². The number of carbonyl (C=O) groups excluding carboxylic acids is 2. The lowest BCUT2D eigenvalue weighted by molar-refractivity contribution is 0.0814. The molecule has 2 rings (SSSR count). The van der Waals surface area contributed by atoms with Crippen LogP contribution in [0.2, 0.25) is 0 Å². The average Bonchev–Trinajstić information content (AvgIpc) is 2.38. The highest BCUT2D eigenvalue weighted by Gasteiger charge is 2.20. The van der Waals surface area contributed by atoms with Gasteiger partial charge in [0.2, 0.25) is 11.6 Å². The van der Waals surface area contributed by atoms with Crippen LogP contribution >= 0.6 is 0 Å². The Kier molecular flexibility index (Phi) is 3.28. The summed E-state index contributed by atoms with van der Waals surface area (Å²) in [5, 5.41) is 0. The summed E-state index contributed by atoms with van der Waals surface area (Å²) in [6.07, 6.45) is 0. The fourth-order valence-electron chi connectivity index (χ4n) is 1.50. The van der Waals surface area contributed by atoms with Crippen LogP contribution in [0.5, 0.6) is 0 Å². The van der Waals surface area contributed by atoms with E-state index < -0.39 is 23.2 Å². The molecule has 0 aliphatic rings. The minimum atomic E-state index is -0.945. The summed E-state index contributed by atoms with van der Waals surface area (Å²) >= 11 is 0. The quantitative estimate of drug-likeness (QED) is 0.616. The fourth-order valence-corrected chi connectivity index (χ4v) is 1.50. The lowest BCUT2D eigenvalue weighted by Crippen LogP contribution is -2.15. The highest BCUT2D eigenvalue weighted by molar-refractivity contribution is 6.49. The van der Waals surface area contributed by atoms with Crippen molar-refractivity contribution in [1.29, 1.82) is 0 Å². The molecule has 0 heterocycles. The van der Waals surface area contributed by atoms with E-state index in [1.54, 1.807) is 0 Å². The van der Waals surface area contributed by atoms with Crippen LogP contribution in [0.3, 0.4) is 0 Å². The van der Waals surface area contributed by atoms with Crippen molar-refractivity contribution in [3.05, 3.63) is 71.3 Å². The zero-order valence-corrected chi connectivity index (χ0v) is 9.19. The van der Waals surface area contributed by atoms with E-state index in [0.29, 0.717) is 0 Å². The van der Waals surface area contributed by atoms with Gasteiger partial charge < -0.3 is 0 Å². The number of halogens is 2. The molecule has 4 heteroatoms. The molecule has 0 bridgehead atoms. The highest BCUT2D eigenvalue weighted by atomic mass is 19.1. The third kappa shape index (κ3) is 2.32. The van der Waals surface area contributed by atoms with Crippen LogP contribution < -0.4 is 0 Å². The van der Waals surface area contributed by atoms with E-state index in [0.717, 1.165) is 18.2 Å². The van der Waals surface area contributed by atoms with Crippen molar-refractivity contribution in [2.45, 2.75) is 0 Å². The summed E-state index contributed by atoms with van der Waals surface area (Å²) in [5.41, 5.74) is -0.253. The molecule has 90 valence electrons. The number of rotatable bonds is 3. The molecule has 0 spiro atoms. The SMILES string of the molecule is O=C(C(=O)c1ccccc1F)c1ccc(F)cc1. The standard InChI is InChI=1S/C14H8F2O2/c15-10-7-5-9(6-8-10)13(17)14(18)11-3-1-2-4-12(11)16/h1-8H. The van der Waals surface area contributed by atoms with Gasteiger partial charge in [0.05, 0.1) is 5.56 Å². The number of ketones is 2. The molecule has 2 nitrogen and oxygen atoms in total. The van der Waals surface area contributed by atoms with Gasteiger partial charge in [-0.05, 0) is 36.4 Å². The molecule has 0 fully saturated rings. The number of hydrogen-bond acceptors (Lipinski definition) is 2. The minimum absolute atomic E-state index is 0.0321. The van der Waals surface area contributed by atoms with E-state index in [-0.39, 0.29) is 11.1 Å². The zero-order valence-electron chi connectivity index (χ0n) is 9.19. The van der Waals surface area contributed by atoms with Crippen molar-refractivity contribution >= 4 is 11.6 Å². The normalized spacial score (nSPS) is 10.1. The van der Waals surface area contributed by atoms with Crippen molar-refractivity contribution in [3.8, 4) is 0 Å². The smallest absolute Gasteiger partial charge is 0.236 e. The Morgan fingerprint density at radius 2 is 1.39 bits per heavy atom. The van der Waals surface area contributed by atoms with E-state index in [2.05, 4.69) is 0 Å². The topological polar surface area (TPSA) is 34.1 Å². The van der Waals surface area contributed by atoms with Crippen LogP contribution in [-0.2, 0) is 0 Å². The summed E-state index contributed by atoms with van der Waals surface area (Å²) in [4.78, 5) is 23.5. The Balaban J connectivity index is 2.33. The van der Waals surface area contributed by atoms with Crippen LogP contribution in [0.25, 0.3) is 0 Å². The van der Waals surface area contributed by atoms with Gasteiger partial charge in [-0.3, -0.25) is 9.59 Å². The predicted molar refractivity (Wildman–Crippen MR) is 61.5 cm³/mol.